The van der Waals surface area contributed by atoms with Gasteiger partial charge in [-0.1, -0.05) is 12.1 Å². The maximum Gasteiger partial charge on any atom is 0.352 e. The maximum absolute atomic E-state index is 11.1. The van der Waals surface area contributed by atoms with E-state index in [1.165, 1.54) is 6.92 Å². The number of nitro groups is 1. The first kappa shape index (κ1) is 15.1. The van der Waals surface area contributed by atoms with Crippen LogP contribution in [0, 0.1) is 17.0 Å². The molecule has 0 bridgehead atoms. The molecule has 2 aromatic rings. The van der Waals surface area contributed by atoms with Crippen molar-refractivity contribution < 1.29 is 14.4 Å². The summed E-state index contributed by atoms with van der Waals surface area (Å²) in [5.41, 5.74) is 0.703. The number of halogens is 1. The van der Waals surface area contributed by atoms with Crippen LogP contribution in [0.15, 0.2) is 24.3 Å². The monoisotopic (exact) mass is 309 g/mol. The fraction of sp³-hybridized carbons (Fsp3) is 0.231. The topological polar surface area (TPSA) is 87.4 Å². The first-order valence-electron chi connectivity index (χ1n) is 5.95. The van der Waals surface area contributed by atoms with E-state index in [4.69, 9.17) is 21.1 Å². The molecule has 0 saturated carbocycles. The summed E-state index contributed by atoms with van der Waals surface area (Å²) in [6, 6.07) is 6.97. The summed E-state index contributed by atoms with van der Waals surface area (Å²) in [7, 11) is 1.58. The number of hydrogen-bond acceptors (Lipinski definition) is 6. The molecule has 0 unspecified atom stereocenters. The molecule has 0 aliphatic heterocycles. The van der Waals surface area contributed by atoms with E-state index < -0.39 is 4.92 Å². The van der Waals surface area contributed by atoms with Crippen molar-refractivity contribution in [1.82, 2.24) is 9.97 Å². The average Bonchev–Trinajstić information content (AvgIpc) is 2.38. The van der Waals surface area contributed by atoms with Crippen LogP contribution in [0.2, 0.25) is 5.28 Å². The van der Waals surface area contributed by atoms with Crippen LogP contribution in [0.4, 0.5) is 5.69 Å². The fourth-order valence-corrected chi connectivity index (χ4v) is 1.97. The highest BCUT2D eigenvalue weighted by molar-refractivity contribution is 6.28. The molecule has 7 nitrogen and oxygen atoms in total. The Kier molecular flexibility index (Phi) is 4.66. The van der Waals surface area contributed by atoms with Gasteiger partial charge in [-0.25, -0.2) is 4.98 Å². The van der Waals surface area contributed by atoms with Crippen LogP contribution in [-0.4, -0.2) is 22.0 Å². The van der Waals surface area contributed by atoms with Crippen LogP contribution in [0.1, 0.15) is 11.3 Å². The summed E-state index contributed by atoms with van der Waals surface area (Å²) in [5, 5.41) is 11.0. The van der Waals surface area contributed by atoms with Crippen molar-refractivity contribution in [3.63, 3.8) is 0 Å². The van der Waals surface area contributed by atoms with E-state index in [0.29, 0.717) is 12.4 Å². The number of ether oxygens (including phenoxy) is 2. The van der Waals surface area contributed by atoms with Crippen LogP contribution >= 0.6 is 11.6 Å². The van der Waals surface area contributed by atoms with E-state index in [0.717, 1.165) is 5.56 Å². The van der Waals surface area contributed by atoms with E-state index in [2.05, 4.69) is 9.97 Å². The van der Waals surface area contributed by atoms with Gasteiger partial charge >= 0.3 is 11.6 Å². The Balaban J connectivity index is 2.39. The second-order valence-corrected chi connectivity index (χ2v) is 4.51. The van der Waals surface area contributed by atoms with Crippen molar-refractivity contribution in [1.29, 1.82) is 0 Å². The maximum atomic E-state index is 11.1. The van der Waals surface area contributed by atoms with E-state index in [-0.39, 0.29) is 22.5 Å². The third-order valence-electron chi connectivity index (χ3n) is 2.61. The zero-order valence-electron chi connectivity index (χ0n) is 11.4. The zero-order chi connectivity index (χ0) is 15.4. The Morgan fingerprint density at radius 3 is 2.81 bits per heavy atom. The van der Waals surface area contributed by atoms with Crippen molar-refractivity contribution in [2.24, 2.45) is 0 Å². The Labute approximate surface area is 125 Å². The molecule has 0 aliphatic carbocycles. The first-order chi connectivity index (χ1) is 10.0. The molecule has 0 N–H and O–H groups in total. The standard InChI is InChI=1S/C13H12ClN3O4/c1-8-11(17(18)19)12(16-13(14)15-8)21-10-5-3-4-9(6-10)7-20-2/h3-6H,7H2,1-2H3. The van der Waals surface area contributed by atoms with Gasteiger partial charge in [0.2, 0.25) is 5.28 Å². The smallest absolute Gasteiger partial charge is 0.352 e. The largest absolute Gasteiger partial charge is 0.434 e. The molecule has 0 atom stereocenters. The summed E-state index contributed by atoms with van der Waals surface area (Å²) < 4.78 is 10.5. The number of aryl methyl sites for hydroxylation is 1. The van der Waals surface area contributed by atoms with Crippen molar-refractivity contribution in [2.45, 2.75) is 13.5 Å². The second kappa shape index (κ2) is 6.47. The minimum absolute atomic E-state index is 0.110. The molecular formula is C13H12ClN3O4. The predicted molar refractivity (Wildman–Crippen MR) is 75.7 cm³/mol. The lowest BCUT2D eigenvalue weighted by atomic mass is 10.2. The highest BCUT2D eigenvalue weighted by atomic mass is 35.5. The Bertz CT molecular complexity index is 678. The van der Waals surface area contributed by atoms with E-state index >= 15 is 0 Å². The quantitative estimate of drug-likeness (QED) is 0.478. The molecule has 0 radical (unpaired) electrons. The van der Waals surface area contributed by atoms with Gasteiger partial charge in [0.1, 0.15) is 11.4 Å². The molecule has 1 heterocycles. The fourth-order valence-electron chi connectivity index (χ4n) is 1.77. The predicted octanol–water partition coefficient (Wildman–Crippen LogP) is 3.29. The minimum Gasteiger partial charge on any atom is -0.434 e. The molecule has 21 heavy (non-hydrogen) atoms. The van der Waals surface area contributed by atoms with E-state index in [1.807, 2.05) is 6.07 Å². The summed E-state index contributed by atoms with van der Waals surface area (Å²) in [4.78, 5) is 18.0. The van der Waals surface area contributed by atoms with E-state index in [1.54, 1.807) is 25.3 Å². The van der Waals surface area contributed by atoms with Gasteiger partial charge in [-0.05, 0) is 36.2 Å². The van der Waals surface area contributed by atoms with Gasteiger partial charge in [-0.3, -0.25) is 10.1 Å². The molecular weight excluding hydrogens is 298 g/mol. The number of aromatic nitrogens is 2. The second-order valence-electron chi connectivity index (χ2n) is 4.17. The Morgan fingerprint density at radius 1 is 1.38 bits per heavy atom. The number of rotatable bonds is 5. The van der Waals surface area contributed by atoms with Crippen LogP contribution < -0.4 is 4.74 Å². The molecule has 0 spiro atoms. The van der Waals surface area contributed by atoms with Crippen LogP contribution in [0.3, 0.4) is 0 Å². The van der Waals surface area contributed by atoms with Gasteiger partial charge in [-0.15, -0.1) is 0 Å². The Morgan fingerprint density at radius 2 is 2.14 bits per heavy atom. The van der Waals surface area contributed by atoms with Crippen molar-refractivity contribution in [2.75, 3.05) is 7.11 Å². The van der Waals surface area contributed by atoms with Crippen LogP contribution in [0.25, 0.3) is 0 Å². The zero-order valence-corrected chi connectivity index (χ0v) is 12.1. The van der Waals surface area contributed by atoms with Gasteiger partial charge < -0.3 is 9.47 Å². The van der Waals surface area contributed by atoms with Gasteiger partial charge in [0.25, 0.3) is 0 Å². The molecule has 2 rings (SSSR count). The van der Waals surface area contributed by atoms with Crippen LogP contribution in [-0.2, 0) is 11.3 Å². The summed E-state index contributed by atoms with van der Waals surface area (Å²) in [6.07, 6.45) is 0. The highest BCUT2D eigenvalue weighted by Crippen LogP contribution is 2.32. The third kappa shape index (κ3) is 3.65. The Hall–Kier alpha value is -2.25. The van der Waals surface area contributed by atoms with Gasteiger partial charge in [0, 0.05) is 7.11 Å². The number of nitrogens with zero attached hydrogens (tertiary/aromatic N) is 3. The lowest BCUT2D eigenvalue weighted by Crippen LogP contribution is -2.01. The van der Waals surface area contributed by atoms with Gasteiger partial charge in [0.15, 0.2) is 0 Å². The molecule has 0 aliphatic rings. The van der Waals surface area contributed by atoms with Crippen molar-refractivity contribution in [3.05, 3.63) is 50.9 Å². The lowest BCUT2D eigenvalue weighted by Gasteiger charge is -2.08. The summed E-state index contributed by atoms with van der Waals surface area (Å²) in [5.74, 6) is 0.217. The van der Waals surface area contributed by atoms with Crippen LogP contribution in [0.5, 0.6) is 11.6 Å². The number of hydrogen-bond donors (Lipinski definition) is 0. The SMILES string of the molecule is COCc1cccc(Oc2nc(Cl)nc(C)c2[N+](=O)[O-])c1. The first-order valence-corrected chi connectivity index (χ1v) is 6.33. The van der Waals surface area contributed by atoms with Crippen molar-refractivity contribution >= 4 is 17.3 Å². The highest BCUT2D eigenvalue weighted by Gasteiger charge is 2.23. The molecule has 1 aromatic heterocycles. The van der Waals surface area contributed by atoms with Crippen molar-refractivity contribution in [3.8, 4) is 11.6 Å². The lowest BCUT2D eigenvalue weighted by molar-refractivity contribution is -0.386. The number of benzene rings is 1. The minimum atomic E-state index is -0.597. The molecule has 0 fully saturated rings. The number of methoxy groups -OCH3 is 1. The average molecular weight is 310 g/mol. The molecule has 1 aromatic carbocycles. The molecule has 0 amide bonds. The normalized spacial score (nSPS) is 10.4. The molecule has 8 heteroatoms. The summed E-state index contributed by atoms with van der Waals surface area (Å²) >= 11 is 5.73. The summed E-state index contributed by atoms with van der Waals surface area (Å²) in [6.45, 7) is 1.88. The molecule has 0 saturated heterocycles. The third-order valence-corrected chi connectivity index (χ3v) is 2.77. The van der Waals surface area contributed by atoms with E-state index in [9.17, 15) is 10.1 Å². The van der Waals surface area contributed by atoms with Gasteiger partial charge in [-0.2, -0.15) is 4.98 Å². The molecule has 110 valence electrons. The van der Waals surface area contributed by atoms with Gasteiger partial charge in [0.05, 0.1) is 11.5 Å².